The van der Waals surface area contributed by atoms with Gasteiger partial charge in [0.05, 0.1) is 13.5 Å². The molecule has 0 unspecified atom stereocenters. The van der Waals surface area contributed by atoms with Crippen molar-refractivity contribution >= 4 is 23.1 Å². The Balaban J connectivity index is 0.000000364. The van der Waals surface area contributed by atoms with Crippen LogP contribution < -0.4 is 0 Å². The molecule has 1 aromatic rings. The fourth-order valence-electron chi connectivity index (χ4n) is 0.628. The number of Topliss-reactive ketones (excluding diaryl/α,β-unsaturated/α-hetero) is 1. The second-order valence-corrected chi connectivity index (χ2v) is 3.77. The van der Waals surface area contributed by atoms with Gasteiger partial charge in [0.2, 0.25) is 0 Å². The summed E-state index contributed by atoms with van der Waals surface area (Å²) < 4.78 is 4.49. The molecular weight excluding hydrogens is 200 g/mol. The van der Waals surface area contributed by atoms with Crippen LogP contribution in [0, 0.1) is 0 Å². The lowest BCUT2D eigenvalue weighted by atomic mass is 10.3. The van der Waals surface area contributed by atoms with Crippen molar-refractivity contribution in [2.45, 2.75) is 20.3 Å². The van der Waals surface area contributed by atoms with Gasteiger partial charge in [-0.1, -0.05) is 6.07 Å². The van der Waals surface area contributed by atoms with Gasteiger partial charge in [0, 0.05) is 4.88 Å². The molecule has 4 heteroatoms. The Morgan fingerprint density at radius 1 is 1.43 bits per heavy atom. The van der Waals surface area contributed by atoms with Crippen molar-refractivity contribution in [2.24, 2.45) is 0 Å². The molecule has 14 heavy (non-hydrogen) atoms. The Morgan fingerprint density at radius 2 is 2.00 bits per heavy atom. The number of esters is 1. The van der Waals surface area contributed by atoms with Gasteiger partial charge in [-0.05, 0) is 25.3 Å². The monoisotopic (exact) mass is 214 g/mol. The SMILES string of the molecule is CC(C)=O.COC(=O)Cc1cccs1. The van der Waals surface area contributed by atoms with E-state index < -0.39 is 0 Å². The predicted molar refractivity (Wildman–Crippen MR) is 56.4 cm³/mol. The quantitative estimate of drug-likeness (QED) is 0.708. The van der Waals surface area contributed by atoms with E-state index in [1.807, 2.05) is 17.5 Å². The van der Waals surface area contributed by atoms with Gasteiger partial charge in [-0.3, -0.25) is 4.79 Å². The fraction of sp³-hybridized carbons (Fsp3) is 0.400. The van der Waals surface area contributed by atoms with E-state index in [-0.39, 0.29) is 11.8 Å². The van der Waals surface area contributed by atoms with Gasteiger partial charge < -0.3 is 9.53 Å². The molecular formula is C10H14O3S. The molecule has 0 saturated carbocycles. The summed E-state index contributed by atoms with van der Waals surface area (Å²) in [5.74, 6) is -0.0116. The highest BCUT2D eigenvalue weighted by atomic mass is 32.1. The molecule has 0 bridgehead atoms. The smallest absolute Gasteiger partial charge is 0.310 e. The first kappa shape index (κ1) is 12.8. The molecule has 1 heterocycles. The number of thiophene rings is 1. The summed E-state index contributed by atoms with van der Waals surface area (Å²) in [6.07, 6.45) is 0.397. The van der Waals surface area contributed by atoms with Crippen molar-refractivity contribution in [1.82, 2.24) is 0 Å². The normalized spacial score (nSPS) is 8.50. The maximum atomic E-state index is 10.7. The van der Waals surface area contributed by atoms with Gasteiger partial charge in [-0.15, -0.1) is 11.3 Å². The van der Waals surface area contributed by atoms with Gasteiger partial charge >= 0.3 is 5.97 Å². The molecule has 78 valence electrons. The van der Waals surface area contributed by atoms with E-state index >= 15 is 0 Å². The highest BCUT2D eigenvalue weighted by molar-refractivity contribution is 7.10. The average Bonchev–Trinajstić information content (AvgIpc) is 2.55. The van der Waals surface area contributed by atoms with E-state index in [1.165, 1.54) is 21.0 Å². The first-order chi connectivity index (χ1) is 6.56. The number of methoxy groups -OCH3 is 1. The van der Waals surface area contributed by atoms with Crippen LogP contribution in [0.1, 0.15) is 18.7 Å². The lowest BCUT2D eigenvalue weighted by Gasteiger charge is -1.93. The van der Waals surface area contributed by atoms with Crippen molar-refractivity contribution < 1.29 is 14.3 Å². The van der Waals surface area contributed by atoms with Crippen molar-refractivity contribution in [3.8, 4) is 0 Å². The topological polar surface area (TPSA) is 43.4 Å². The van der Waals surface area contributed by atoms with E-state index in [2.05, 4.69) is 4.74 Å². The highest BCUT2D eigenvalue weighted by Gasteiger charge is 2.01. The van der Waals surface area contributed by atoms with Crippen LogP contribution in [0.2, 0.25) is 0 Å². The fourth-order valence-corrected chi connectivity index (χ4v) is 1.32. The number of hydrogen-bond acceptors (Lipinski definition) is 4. The van der Waals surface area contributed by atoms with Crippen molar-refractivity contribution in [2.75, 3.05) is 7.11 Å². The number of rotatable bonds is 2. The second-order valence-electron chi connectivity index (χ2n) is 2.74. The lowest BCUT2D eigenvalue weighted by Crippen LogP contribution is -2.02. The van der Waals surface area contributed by atoms with Gasteiger partial charge in [0.1, 0.15) is 5.78 Å². The molecule has 0 N–H and O–H groups in total. The minimum Gasteiger partial charge on any atom is -0.469 e. The Bertz CT molecular complexity index is 274. The average molecular weight is 214 g/mol. The van der Waals surface area contributed by atoms with Crippen LogP contribution in [0.25, 0.3) is 0 Å². The molecule has 0 spiro atoms. The standard InChI is InChI=1S/C7H8O2S.C3H6O/c1-9-7(8)5-6-3-2-4-10-6;1-3(2)4/h2-4H,5H2,1H3;1-2H3. The zero-order chi connectivity index (χ0) is 11.0. The molecule has 0 amide bonds. The summed E-state index contributed by atoms with van der Waals surface area (Å²) >= 11 is 1.57. The molecule has 0 radical (unpaired) electrons. The first-order valence-electron chi connectivity index (χ1n) is 4.12. The molecule has 0 aliphatic rings. The van der Waals surface area contributed by atoms with Crippen LogP contribution in [-0.2, 0) is 20.7 Å². The zero-order valence-corrected chi connectivity index (χ0v) is 9.39. The summed E-state index contributed by atoms with van der Waals surface area (Å²) in [7, 11) is 1.40. The number of carbonyl (C=O) groups excluding carboxylic acids is 2. The van der Waals surface area contributed by atoms with E-state index in [1.54, 1.807) is 11.3 Å². The third-order valence-electron chi connectivity index (χ3n) is 1.13. The summed E-state index contributed by atoms with van der Waals surface area (Å²) in [4.78, 5) is 21.2. The second kappa shape index (κ2) is 7.26. The van der Waals surface area contributed by atoms with E-state index in [4.69, 9.17) is 0 Å². The molecule has 0 aliphatic carbocycles. The predicted octanol–water partition coefficient (Wildman–Crippen LogP) is 2.06. The summed E-state index contributed by atoms with van der Waals surface area (Å²) in [5, 5.41) is 1.94. The Kier molecular flexibility index (Phi) is 6.66. The molecule has 0 aromatic carbocycles. The van der Waals surface area contributed by atoms with E-state index in [0.29, 0.717) is 6.42 Å². The highest BCUT2D eigenvalue weighted by Crippen LogP contribution is 2.08. The first-order valence-corrected chi connectivity index (χ1v) is 5.00. The maximum Gasteiger partial charge on any atom is 0.310 e. The minimum atomic E-state index is -0.178. The van der Waals surface area contributed by atoms with Gasteiger partial charge in [-0.2, -0.15) is 0 Å². The van der Waals surface area contributed by atoms with Crippen LogP contribution in [-0.4, -0.2) is 18.9 Å². The molecule has 0 fully saturated rings. The van der Waals surface area contributed by atoms with Crippen LogP contribution >= 0.6 is 11.3 Å². The number of carbonyl (C=O) groups is 2. The Labute approximate surface area is 87.7 Å². The Hall–Kier alpha value is -1.16. The van der Waals surface area contributed by atoms with Gasteiger partial charge in [0.15, 0.2) is 0 Å². The van der Waals surface area contributed by atoms with Gasteiger partial charge in [-0.25, -0.2) is 0 Å². The number of ether oxygens (including phenoxy) is 1. The lowest BCUT2D eigenvalue weighted by molar-refractivity contribution is -0.139. The number of hydrogen-bond donors (Lipinski definition) is 0. The molecule has 0 saturated heterocycles. The molecule has 1 rings (SSSR count). The third-order valence-corrected chi connectivity index (χ3v) is 2.00. The minimum absolute atomic E-state index is 0.167. The van der Waals surface area contributed by atoms with Crippen LogP contribution in [0.5, 0.6) is 0 Å². The van der Waals surface area contributed by atoms with E-state index in [0.717, 1.165) is 4.88 Å². The molecule has 1 aromatic heterocycles. The van der Waals surface area contributed by atoms with E-state index in [9.17, 15) is 9.59 Å². The Morgan fingerprint density at radius 3 is 2.36 bits per heavy atom. The van der Waals surface area contributed by atoms with Crippen molar-refractivity contribution in [1.29, 1.82) is 0 Å². The summed E-state index contributed by atoms with van der Waals surface area (Å²) in [5.41, 5.74) is 0. The largest absolute Gasteiger partial charge is 0.469 e. The summed E-state index contributed by atoms with van der Waals surface area (Å²) in [6, 6.07) is 3.84. The maximum absolute atomic E-state index is 10.7. The molecule has 0 atom stereocenters. The van der Waals surface area contributed by atoms with Crippen molar-refractivity contribution in [3.05, 3.63) is 22.4 Å². The third kappa shape index (κ3) is 7.49. The van der Waals surface area contributed by atoms with Gasteiger partial charge in [0.25, 0.3) is 0 Å². The zero-order valence-electron chi connectivity index (χ0n) is 8.57. The van der Waals surface area contributed by atoms with Crippen LogP contribution in [0.4, 0.5) is 0 Å². The summed E-state index contributed by atoms with van der Waals surface area (Å²) in [6.45, 7) is 3.06. The molecule has 0 aliphatic heterocycles. The van der Waals surface area contributed by atoms with Crippen LogP contribution in [0.15, 0.2) is 17.5 Å². The molecule has 3 nitrogen and oxygen atoms in total. The number of ketones is 1. The van der Waals surface area contributed by atoms with Crippen LogP contribution in [0.3, 0.4) is 0 Å². The van der Waals surface area contributed by atoms with Crippen molar-refractivity contribution in [3.63, 3.8) is 0 Å².